The van der Waals surface area contributed by atoms with E-state index < -0.39 is 0 Å². The average Bonchev–Trinajstić information content (AvgIpc) is 2.37. The summed E-state index contributed by atoms with van der Waals surface area (Å²) in [6.07, 6.45) is 2.78. The predicted octanol–water partition coefficient (Wildman–Crippen LogP) is 1.97. The Hall–Kier alpha value is -0.280. The van der Waals surface area contributed by atoms with Gasteiger partial charge in [-0.1, -0.05) is 0 Å². The lowest BCUT2D eigenvalue weighted by Gasteiger charge is -1.87. The van der Waals surface area contributed by atoms with Gasteiger partial charge in [0.15, 0.2) is 5.13 Å². The third kappa shape index (κ3) is 1.85. The molecule has 0 unspecified atom stereocenters. The SMILES string of the molecule is CNc1ncc(CCCl)s1. The molecule has 0 fully saturated rings. The Bertz CT molecular complexity index is 199. The van der Waals surface area contributed by atoms with Crippen LogP contribution >= 0.6 is 22.9 Å². The molecule has 0 saturated heterocycles. The molecule has 0 amide bonds. The number of nitrogens with one attached hydrogen (secondary N) is 1. The van der Waals surface area contributed by atoms with E-state index in [1.165, 1.54) is 4.88 Å². The minimum Gasteiger partial charge on any atom is -0.365 e. The maximum atomic E-state index is 5.55. The highest BCUT2D eigenvalue weighted by Crippen LogP contribution is 2.17. The van der Waals surface area contributed by atoms with Crippen molar-refractivity contribution >= 4 is 28.1 Å². The molecule has 1 aromatic heterocycles. The molecule has 1 N–H and O–H groups in total. The first-order valence-electron chi connectivity index (χ1n) is 3.05. The molecule has 4 heteroatoms. The van der Waals surface area contributed by atoms with E-state index in [1.807, 2.05) is 13.2 Å². The van der Waals surface area contributed by atoms with Crippen molar-refractivity contribution in [1.82, 2.24) is 4.98 Å². The number of hydrogen-bond donors (Lipinski definition) is 1. The quantitative estimate of drug-likeness (QED) is 0.713. The van der Waals surface area contributed by atoms with E-state index >= 15 is 0 Å². The Morgan fingerprint density at radius 3 is 3.10 bits per heavy atom. The van der Waals surface area contributed by atoms with Crippen LogP contribution in [-0.2, 0) is 6.42 Å². The minimum atomic E-state index is 0.672. The predicted molar refractivity (Wildman–Crippen MR) is 46.1 cm³/mol. The van der Waals surface area contributed by atoms with E-state index in [-0.39, 0.29) is 0 Å². The average molecular weight is 177 g/mol. The molecule has 0 bridgehead atoms. The van der Waals surface area contributed by atoms with Crippen LogP contribution in [0.2, 0.25) is 0 Å². The maximum Gasteiger partial charge on any atom is 0.182 e. The van der Waals surface area contributed by atoms with E-state index in [2.05, 4.69) is 10.3 Å². The smallest absolute Gasteiger partial charge is 0.182 e. The Labute approximate surface area is 69.2 Å². The third-order valence-corrected chi connectivity index (χ3v) is 2.37. The molecule has 0 saturated carbocycles. The highest BCUT2D eigenvalue weighted by Gasteiger charge is 1.97. The Kier molecular flexibility index (Phi) is 2.96. The number of aromatic nitrogens is 1. The van der Waals surface area contributed by atoms with Crippen molar-refractivity contribution in [3.05, 3.63) is 11.1 Å². The zero-order valence-electron chi connectivity index (χ0n) is 5.72. The van der Waals surface area contributed by atoms with Crippen LogP contribution in [0.15, 0.2) is 6.20 Å². The number of anilines is 1. The van der Waals surface area contributed by atoms with Gasteiger partial charge >= 0.3 is 0 Å². The number of aryl methyl sites for hydroxylation is 1. The van der Waals surface area contributed by atoms with Crippen LogP contribution in [0.5, 0.6) is 0 Å². The summed E-state index contributed by atoms with van der Waals surface area (Å²) in [4.78, 5) is 5.34. The molecule has 1 rings (SSSR count). The molecule has 10 heavy (non-hydrogen) atoms. The van der Waals surface area contributed by atoms with Gasteiger partial charge in [-0.3, -0.25) is 0 Å². The van der Waals surface area contributed by atoms with E-state index in [4.69, 9.17) is 11.6 Å². The Morgan fingerprint density at radius 1 is 1.80 bits per heavy atom. The number of thiazole rings is 1. The molecule has 2 nitrogen and oxygen atoms in total. The van der Waals surface area contributed by atoms with Crippen molar-refractivity contribution in [2.45, 2.75) is 6.42 Å². The van der Waals surface area contributed by atoms with Gasteiger partial charge in [-0.25, -0.2) is 4.98 Å². The normalized spacial score (nSPS) is 9.80. The molecule has 56 valence electrons. The summed E-state index contributed by atoms with van der Waals surface area (Å²) in [6.45, 7) is 0. The lowest BCUT2D eigenvalue weighted by molar-refractivity contribution is 1.18. The summed E-state index contributed by atoms with van der Waals surface area (Å²) in [7, 11) is 1.86. The van der Waals surface area contributed by atoms with Gasteiger partial charge < -0.3 is 5.32 Å². The lowest BCUT2D eigenvalue weighted by Crippen LogP contribution is -1.83. The second-order valence-corrected chi connectivity index (χ2v) is 3.31. The van der Waals surface area contributed by atoms with Crippen LogP contribution in [0, 0.1) is 0 Å². The fourth-order valence-electron chi connectivity index (χ4n) is 0.632. The molecule has 0 aliphatic carbocycles. The maximum absolute atomic E-state index is 5.55. The number of hydrogen-bond acceptors (Lipinski definition) is 3. The van der Waals surface area contributed by atoms with Gasteiger partial charge in [0, 0.05) is 24.0 Å². The fourth-order valence-corrected chi connectivity index (χ4v) is 1.71. The zero-order valence-corrected chi connectivity index (χ0v) is 7.30. The van der Waals surface area contributed by atoms with Gasteiger partial charge in [0.25, 0.3) is 0 Å². The van der Waals surface area contributed by atoms with Crippen LogP contribution in [0.1, 0.15) is 4.88 Å². The summed E-state index contributed by atoms with van der Waals surface area (Å²) < 4.78 is 0. The highest BCUT2D eigenvalue weighted by atomic mass is 35.5. The van der Waals surface area contributed by atoms with Crippen molar-refractivity contribution < 1.29 is 0 Å². The topological polar surface area (TPSA) is 24.9 Å². The van der Waals surface area contributed by atoms with Crippen LogP contribution in [0.25, 0.3) is 0 Å². The molecular formula is C6H9ClN2S. The summed E-state index contributed by atoms with van der Waals surface area (Å²) >= 11 is 7.20. The molecule has 0 radical (unpaired) electrons. The van der Waals surface area contributed by atoms with Crippen LogP contribution in [-0.4, -0.2) is 17.9 Å². The second kappa shape index (κ2) is 3.78. The van der Waals surface area contributed by atoms with Crippen molar-refractivity contribution in [2.75, 3.05) is 18.2 Å². The summed E-state index contributed by atoms with van der Waals surface area (Å²) in [6, 6.07) is 0. The standard InChI is InChI=1S/C6H9ClN2S/c1-8-6-9-4-5(10-6)2-3-7/h4H,2-3H2,1H3,(H,8,9). The van der Waals surface area contributed by atoms with Crippen LogP contribution in [0.3, 0.4) is 0 Å². The van der Waals surface area contributed by atoms with Crippen molar-refractivity contribution in [1.29, 1.82) is 0 Å². The van der Waals surface area contributed by atoms with Gasteiger partial charge in [0.05, 0.1) is 0 Å². The molecule has 0 atom stereocenters. The summed E-state index contributed by atoms with van der Waals surface area (Å²) in [5.74, 6) is 0.672. The largest absolute Gasteiger partial charge is 0.365 e. The van der Waals surface area contributed by atoms with Crippen molar-refractivity contribution in [3.63, 3.8) is 0 Å². The summed E-state index contributed by atoms with van der Waals surface area (Å²) in [5.41, 5.74) is 0. The summed E-state index contributed by atoms with van der Waals surface area (Å²) in [5, 5.41) is 3.93. The van der Waals surface area contributed by atoms with Crippen molar-refractivity contribution in [3.8, 4) is 0 Å². The van der Waals surface area contributed by atoms with E-state index in [1.54, 1.807) is 11.3 Å². The molecular weight excluding hydrogens is 168 g/mol. The van der Waals surface area contributed by atoms with Gasteiger partial charge in [-0.05, 0) is 6.42 Å². The second-order valence-electron chi connectivity index (χ2n) is 1.82. The monoisotopic (exact) mass is 176 g/mol. The number of rotatable bonds is 3. The Balaban J connectivity index is 2.59. The highest BCUT2D eigenvalue weighted by molar-refractivity contribution is 7.15. The molecule has 0 spiro atoms. The molecule has 1 aromatic rings. The van der Waals surface area contributed by atoms with E-state index in [9.17, 15) is 0 Å². The fraction of sp³-hybridized carbons (Fsp3) is 0.500. The number of alkyl halides is 1. The molecule has 0 aliphatic rings. The number of nitrogens with zero attached hydrogens (tertiary/aromatic N) is 1. The van der Waals surface area contributed by atoms with Gasteiger partial charge in [-0.15, -0.1) is 22.9 Å². The first-order valence-corrected chi connectivity index (χ1v) is 4.40. The van der Waals surface area contributed by atoms with Crippen LogP contribution < -0.4 is 5.32 Å². The molecule has 0 aliphatic heterocycles. The van der Waals surface area contributed by atoms with E-state index in [0.29, 0.717) is 5.88 Å². The van der Waals surface area contributed by atoms with Gasteiger partial charge in [-0.2, -0.15) is 0 Å². The minimum absolute atomic E-state index is 0.672. The van der Waals surface area contributed by atoms with Gasteiger partial charge in [0.1, 0.15) is 0 Å². The first-order chi connectivity index (χ1) is 4.86. The van der Waals surface area contributed by atoms with E-state index in [0.717, 1.165) is 11.6 Å². The molecule has 1 heterocycles. The Morgan fingerprint density at radius 2 is 2.60 bits per heavy atom. The zero-order chi connectivity index (χ0) is 7.40. The first kappa shape index (κ1) is 7.82. The van der Waals surface area contributed by atoms with Crippen LogP contribution in [0.4, 0.5) is 5.13 Å². The third-order valence-electron chi connectivity index (χ3n) is 1.11. The number of halogens is 1. The molecule has 0 aromatic carbocycles. The van der Waals surface area contributed by atoms with Gasteiger partial charge in [0.2, 0.25) is 0 Å². The lowest BCUT2D eigenvalue weighted by atomic mass is 10.4. The van der Waals surface area contributed by atoms with Crippen molar-refractivity contribution in [2.24, 2.45) is 0 Å².